The molecule has 2 heterocycles. The Morgan fingerprint density at radius 1 is 1.07 bits per heavy atom. The Hall–Kier alpha value is -2.61. The van der Waals surface area contributed by atoms with Crippen LogP contribution in [0.4, 0.5) is 4.39 Å². The summed E-state index contributed by atoms with van der Waals surface area (Å²) in [6.07, 6.45) is 10.4. The molecular formula is C21H23FN4O2S. The van der Waals surface area contributed by atoms with Crippen LogP contribution in [0.2, 0.25) is 0 Å². The van der Waals surface area contributed by atoms with Crippen LogP contribution in [0.15, 0.2) is 48.0 Å². The molecule has 0 saturated heterocycles. The summed E-state index contributed by atoms with van der Waals surface area (Å²) in [6.45, 7) is 0.793. The fraction of sp³-hybridized carbons (Fsp3) is 0.381. The van der Waals surface area contributed by atoms with Crippen LogP contribution in [0.25, 0.3) is 22.6 Å². The minimum Gasteiger partial charge on any atom is -0.329 e. The minimum atomic E-state index is -3.54. The second-order valence-corrected chi connectivity index (χ2v) is 9.51. The maximum Gasteiger partial charge on any atom is 0.247 e. The first-order valence-corrected chi connectivity index (χ1v) is 11.7. The average Bonchev–Trinajstić information content (AvgIpc) is 3.12. The Balaban J connectivity index is 1.82. The first kappa shape index (κ1) is 19.7. The molecule has 6 nitrogen and oxygen atoms in total. The number of hydrogen-bond acceptors (Lipinski definition) is 5. The molecular weight excluding hydrogens is 391 g/mol. The molecule has 0 aliphatic heterocycles. The van der Waals surface area contributed by atoms with E-state index in [2.05, 4.69) is 15.0 Å². The van der Waals surface area contributed by atoms with E-state index >= 15 is 0 Å². The highest BCUT2D eigenvalue weighted by atomic mass is 32.2. The summed E-state index contributed by atoms with van der Waals surface area (Å²) in [7, 11) is -3.54. The van der Waals surface area contributed by atoms with Crippen LogP contribution in [0.1, 0.15) is 32.1 Å². The molecule has 152 valence electrons. The predicted octanol–water partition coefficient (Wildman–Crippen LogP) is 4.13. The molecule has 0 atom stereocenters. The highest BCUT2D eigenvalue weighted by Gasteiger charge is 2.22. The normalized spacial score (nSPS) is 15.5. The standard InChI is InChI=1S/C21H23FN4O2S/c1-29(27,28)21-23-12-11-18(25-21)20-19(16-7-9-17(22)10-8-16)24-14-26(20)13-15-5-3-2-4-6-15/h7-12,14-15H,2-6,13H2,1H3. The van der Waals surface area contributed by atoms with Crippen molar-refractivity contribution < 1.29 is 12.8 Å². The summed E-state index contributed by atoms with van der Waals surface area (Å²) < 4.78 is 39.4. The van der Waals surface area contributed by atoms with Gasteiger partial charge in [0, 0.05) is 24.6 Å². The number of hydrogen-bond donors (Lipinski definition) is 0. The summed E-state index contributed by atoms with van der Waals surface area (Å²) in [6, 6.07) is 7.81. The van der Waals surface area contributed by atoms with Crippen LogP contribution < -0.4 is 0 Å². The average molecular weight is 415 g/mol. The lowest BCUT2D eigenvalue weighted by atomic mass is 9.89. The monoisotopic (exact) mass is 414 g/mol. The van der Waals surface area contributed by atoms with E-state index in [1.165, 1.54) is 50.4 Å². The summed E-state index contributed by atoms with van der Waals surface area (Å²) in [4.78, 5) is 12.8. The molecule has 1 aliphatic carbocycles. The van der Waals surface area contributed by atoms with Gasteiger partial charge in [0.05, 0.1) is 23.4 Å². The van der Waals surface area contributed by atoms with Crippen molar-refractivity contribution in [2.45, 2.75) is 43.8 Å². The van der Waals surface area contributed by atoms with Crippen LogP contribution in [0.3, 0.4) is 0 Å². The van der Waals surface area contributed by atoms with E-state index in [4.69, 9.17) is 0 Å². The van der Waals surface area contributed by atoms with E-state index in [0.29, 0.717) is 17.3 Å². The van der Waals surface area contributed by atoms with Crippen molar-refractivity contribution in [2.24, 2.45) is 5.92 Å². The maximum atomic E-state index is 13.4. The van der Waals surface area contributed by atoms with Gasteiger partial charge in [-0.3, -0.25) is 0 Å². The minimum absolute atomic E-state index is 0.217. The number of sulfone groups is 1. The van der Waals surface area contributed by atoms with Gasteiger partial charge in [0.25, 0.3) is 0 Å². The van der Waals surface area contributed by atoms with Crippen LogP contribution in [-0.4, -0.2) is 34.2 Å². The lowest BCUT2D eigenvalue weighted by Gasteiger charge is -2.23. The molecule has 0 amide bonds. The van der Waals surface area contributed by atoms with Gasteiger partial charge in [-0.2, -0.15) is 0 Å². The molecule has 1 fully saturated rings. The molecule has 29 heavy (non-hydrogen) atoms. The number of nitrogens with zero attached hydrogens (tertiary/aromatic N) is 4. The quantitative estimate of drug-likeness (QED) is 0.587. The zero-order valence-electron chi connectivity index (χ0n) is 16.3. The Morgan fingerprint density at radius 3 is 2.48 bits per heavy atom. The summed E-state index contributed by atoms with van der Waals surface area (Å²) in [5.74, 6) is 0.229. The van der Waals surface area contributed by atoms with Gasteiger partial charge in [0.2, 0.25) is 15.0 Å². The van der Waals surface area contributed by atoms with Gasteiger partial charge in [0.15, 0.2) is 0 Å². The molecule has 0 bridgehead atoms. The Kier molecular flexibility index (Phi) is 5.45. The molecule has 0 unspecified atom stereocenters. The van der Waals surface area contributed by atoms with Crippen molar-refractivity contribution in [3.8, 4) is 22.6 Å². The molecule has 1 saturated carbocycles. The van der Waals surface area contributed by atoms with Crippen molar-refractivity contribution in [3.63, 3.8) is 0 Å². The molecule has 4 rings (SSSR count). The lowest BCUT2D eigenvalue weighted by molar-refractivity contribution is 0.320. The molecule has 1 aromatic carbocycles. The van der Waals surface area contributed by atoms with Gasteiger partial charge in [-0.15, -0.1) is 0 Å². The Labute approximate surface area is 169 Å². The lowest BCUT2D eigenvalue weighted by Crippen LogP contribution is -2.15. The van der Waals surface area contributed by atoms with Gasteiger partial charge in [0.1, 0.15) is 5.82 Å². The van der Waals surface area contributed by atoms with E-state index < -0.39 is 9.84 Å². The number of halogens is 1. The predicted molar refractivity (Wildman–Crippen MR) is 108 cm³/mol. The van der Waals surface area contributed by atoms with E-state index in [1.54, 1.807) is 24.5 Å². The first-order chi connectivity index (χ1) is 13.9. The number of imidazole rings is 1. The molecule has 0 radical (unpaired) electrons. The van der Waals surface area contributed by atoms with Crippen molar-refractivity contribution >= 4 is 9.84 Å². The molecule has 0 N–H and O–H groups in total. The SMILES string of the molecule is CS(=O)(=O)c1nccc(-c2c(-c3ccc(F)cc3)ncn2CC2CCCCC2)n1. The van der Waals surface area contributed by atoms with E-state index in [9.17, 15) is 12.8 Å². The summed E-state index contributed by atoms with van der Waals surface area (Å²) in [5, 5.41) is -0.217. The fourth-order valence-corrected chi connectivity index (χ4v) is 4.42. The zero-order chi connectivity index (χ0) is 20.4. The number of aromatic nitrogens is 4. The smallest absolute Gasteiger partial charge is 0.247 e. The molecule has 0 spiro atoms. The molecule has 2 aromatic heterocycles. The Bertz CT molecular complexity index is 1100. The van der Waals surface area contributed by atoms with E-state index in [1.807, 2.05) is 4.57 Å². The van der Waals surface area contributed by atoms with Crippen molar-refractivity contribution in [1.29, 1.82) is 0 Å². The molecule has 3 aromatic rings. The van der Waals surface area contributed by atoms with Crippen LogP contribution >= 0.6 is 0 Å². The zero-order valence-corrected chi connectivity index (χ0v) is 17.1. The number of benzene rings is 1. The fourth-order valence-electron chi connectivity index (χ4n) is 3.91. The van der Waals surface area contributed by atoms with Crippen molar-refractivity contribution in [1.82, 2.24) is 19.5 Å². The van der Waals surface area contributed by atoms with E-state index in [0.717, 1.165) is 24.1 Å². The van der Waals surface area contributed by atoms with Crippen LogP contribution in [0.5, 0.6) is 0 Å². The van der Waals surface area contributed by atoms with Gasteiger partial charge >= 0.3 is 0 Å². The van der Waals surface area contributed by atoms with Gasteiger partial charge < -0.3 is 4.57 Å². The van der Waals surface area contributed by atoms with Crippen LogP contribution in [0, 0.1) is 11.7 Å². The number of rotatable bonds is 5. The Morgan fingerprint density at radius 2 is 1.79 bits per heavy atom. The third-order valence-corrected chi connectivity index (χ3v) is 6.20. The highest BCUT2D eigenvalue weighted by molar-refractivity contribution is 7.90. The largest absolute Gasteiger partial charge is 0.329 e. The third kappa shape index (κ3) is 4.37. The van der Waals surface area contributed by atoms with E-state index in [-0.39, 0.29) is 11.0 Å². The summed E-state index contributed by atoms with van der Waals surface area (Å²) >= 11 is 0. The molecule has 8 heteroatoms. The van der Waals surface area contributed by atoms with Gasteiger partial charge in [-0.1, -0.05) is 19.3 Å². The molecule has 1 aliphatic rings. The highest BCUT2D eigenvalue weighted by Crippen LogP contribution is 2.33. The van der Waals surface area contributed by atoms with Gasteiger partial charge in [-0.05, 0) is 49.1 Å². The van der Waals surface area contributed by atoms with Crippen LogP contribution in [-0.2, 0) is 16.4 Å². The van der Waals surface area contributed by atoms with Crippen molar-refractivity contribution in [3.05, 3.63) is 48.7 Å². The van der Waals surface area contributed by atoms with Crippen molar-refractivity contribution in [2.75, 3.05) is 6.26 Å². The maximum absolute atomic E-state index is 13.4. The van der Waals surface area contributed by atoms with Gasteiger partial charge in [-0.25, -0.2) is 27.8 Å². The summed E-state index contributed by atoms with van der Waals surface area (Å²) in [5.41, 5.74) is 2.63. The second kappa shape index (κ2) is 8.02. The first-order valence-electron chi connectivity index (χ1n) is 9.76. The second-order valence-electron chi connectivity index (χ2n) is 7.60. The topological polar surface area (TPSA) is 77.7 Å². The third-order valence-electron chi connectivity index (χ3n) is 5.34.